The minimum Gasteiger partial charge on any atom is -0.463 e. The molecule has 25 heavy (non-hydrogen) atoms. The van der Waals surface area contributed by atoms with Crippen LogP contribution in [0.1, 0.15) is 124 Å². The fourth-order valence-electron chi connectivity index (χ4n) is 3.24. The van der Waals surface area contributed by atoms with Gasteiger partial charge in [0.2, 0.25) is 0 Å². The molecule has 0 aliphatic carbocycles. The zero-order valence-electron chi connectivity index (χ0n) is 17.4. The summed E-state index contributed by atoms with van der Waals surface area (Å²) in [5, 5.41) is 0. The predicted octanol–water partition coefficient (Wildman–Crippen LogP) is 7.76. The largest absolute Gasteiger partial charge is 0.463 e. The van der Waals surface area contributed by atoms with E-state index in [1.165, 1.54) is 95.5 Å². The third-order valence-corrected chi connectivity index (χ3v) is 4.81. The van der Waals surface area contributed by atoms with Crippen LogP contribution in [0.5, 0.6) is 0 Å². The minimum absolute atomic E-state index is 0.150. The number of carbonyl (C=O) groups is 1. The lowest BCUT2D eigenvalue weighted by atomic mass is 9.99. The fraction of sp³-hybridized carbons (Fsp3) is 0.870. The van der Waals surface area contributed by atoms with E-state index in [9.17, 15) is 4.79 Å². The highest BCUT2D eigenvalue weighted by Gasteiger charge is 2.04. The number of allylic oxidation sites excluding steroid dienone is 1. The molecule has 0 atom stereocenters. The first kappa shape index (κ1) is 24.2. The van der Waals surface area contributed by atoms with Crippen molar-refractivity contribution in [3.63, 3.8) is 0 Å². The third kappa shape index (κ3) is 17.8. The molecule has 2 nitrogen and oxygen atoms in total. The maximum Gasteiger partial charge on any atom is 0.330 e. The van der Waals surface area contributed by atoms with Crippen LogP contribution in [0.15, 0.2) is 11.6 Å². The maximum absolute atomic E-state index is 11.8. The molecule has 0 aromatic heterocycles. The van der Waals surface area contributed by atoms with Crippen molar-refractivity contribution >= 4 is 5.97 Å². The molecule has 0 N–H and O–H groups in total. The van der Waals surface area contributed by atoms with E-state index < -0.39 is 0 Å². The van der Waals surface area contributed by atoms with Crippen molar-refractivity contribution in [2.45, 2.75) is 124 Å². The molecule has 0 radical (unpaired) electrons. The molecule has 0 fully saturated rings. The molecule has 0 heterocycles. The Kier molecular flexibility index (Phi) is 18.9. The second-order valence-corrected chi connectivity index (χ2v) is 7.30. The van der Waals surface area contributed by atoms with Gasteiger partial charge in [0.05, 0.1) is 6.61 Å². The quantitative estimate of drug-likeness (QED) is 0.143. The Balaban J connectivity index is 3.97. The topological polar surface area (TPSA) is 26.3 Å². The summed E-state index contributed by atoms with van der Waals surface area (Å²) in [6.45, 7) is 6.86. The van der Waals surface area contributed by atoms with E-state index in [1.54, 1.807) is 6.08 Å². The van der Waals surface area contributed by atoms with Crippen LogP contribution >= 0.6 is 0 Å². The molecule has 0 aromatic carbocycles. The van der Waals surface area contributed by atoms with Gasteiger partial charge in [-0.1, -0.05) is 96.5 Å². The van der Waals surface area contributed by atoms with Gasteiger partial charge in [0, 0.05) is 6.08 Å². The van der Waals surface area contributed by atoms with Gasteiger partial charge in [-0.05, 0) is 32.6 Å². The van der Waals surface area contributed by atoms with Crippen molar-refractivity contribution in [1.82, 2.24) is 0 Å². The fourth-order valence-corrected chi connectivity index (χ4v) is 3.24. The highest BCUT2D eigenvalue weighted by atomic mass is 16.5. The summed E-state index contributed by atoms with van der Waals surface area (Å²) in [7, 11) is 0. The van der Waals surface area contributed by atoms with E-state index in [2.05, 4.69) is 13.8 Å². The van der Waals surface area contributed by atoms with E-state index in [0.29, 0.717) is 6.61 Å². The first-order valence-electron chi connectivity index (χ1n) is 11.1. The van der Waals surface area contributed by atoms with Gasteiger partial charge in [0.15, 0.2) is 0 Å². The number of ether oxygens (including phenoxy) is 1. The van der Waals surface area contributed by atoms with Crippen molar-refractivity contribution < 1.29 is 9.53 Å². The number of carbonyl (C=O) groups excluding carboxylic acids is 1. The highest BCUT2D eigenvalue weighted by molar-refractivity contribution is 5.82. The van der Waals surface area contributed by atoms with Crippen LogP contribution in [0.3, 0.4) is 0 Å². The van der Waals surface area contributed by atoms with Crippen LogP contribution < -0.4 is 0 Å². The number of unbranched alkanes of at least 4 members (excludes halogenated alkanes) is 12. The molecular weight excluding hydrogens is 308 g/mol. The monoisotopic (exact) mass is 352 g/mol. The molecule has 0 aromatic rings. The summed E-state index contributed by atoms with van der Waals surface area (Å²) in [6, 6.07) is 0. The van der Waals surface area contributed by atoms with Gasteiger partial charge in [-0.15, -0.1) is 0 Å². The van der Waals surface area contributed by atoms with Gasteiger partial charge in [-0.25, -0.2) is 4.79 Å². The van der Waals surface area contributed by atoms with E-state index in [0.717, 1.165) is 12.8 Å². The van der Waals surface area contributed by atoms with Crippen LogP contribution in [0, 0.1) is 0 Å². The minimum atomic E-state index is -0.150. The molecule has 0 unspecified atom stereocenters. The Labute approximate surface area is 157 Å². The molecular formula is C23H44O2. The van der Waals surface area contributed by atoms with Crippen LogP contribution in [-0.4, -0.2) is 12.6 Å². The summed E-state index contributed by atoms with van der Waals surface area (Å²) in [4.78, 5) is 11.8. The smallest absolute Gasteiger partial charge is 0.330 e. The van der Waals surface area contributed by atoms with Crippen molar-refractivity contribution in [2.75, 3.05) is 6.61 Å². The van der Waals surface area contributed by atoms with Gasteiger partial charge in [-0.3, -0.25) is 0 Å². The van der Waals surface area contributed by atoms with E-state index in [-0.39, 0.29) is 5.97 Å². The lowest BCUT2D eigenvalue weighted by Crippen LogP contribution is -2.01. The second kappa shape index (κ2) is 19.5. The average Bonchev–Trinajstić information content (AvgIpc) is 2.60. The van der Waals surface area contributed by atoms with Crippen LogP contribution in [-0.2, 0) is 9.53 Å². The summed E-state index contributed by atoms with van der Waals surface area (Å²) >= 11 is 0. The van der Waals surface area contributed by atoms with E-state index in [4.69, 9.17) is 4.74 Å². The molecule has 0 aliphatic heterocycles. The molecule has 0 rings (SSSR count). The Morgan fingerprint density at radius 1 is 0.640 bits per heavy atom. The number of rotatable bonds is 18. The molecule has 0 saturated carbocycles. The van der Waals surface area contributed by atoms with Crippen molar-refractivity contribution in [3.05, 3.63) is 11.6 Å². The molecule has 0 amide bonds. The van der Waals surface area contributed by atoms with Crippen LogP contribution in [0.25, 0.3) is 0 Å². The Hall–Kier alpha value is -0.790. The predicted molar refractivity (Wildman–Crippen MR) is 110 cm³/mol. The second-order valence-electron chi connectivity index (χ2n) is 7.30. The first-order valence-corrected chi connectivity index (χ1v) is 11.1. The molecule has 2 heteroatoms. The standard InChI is InChI=1S/C23H44O2/c1-4-7-9-11-13-15-17-19-22(21-23(24)25-6-3)20-18-16-14-12-10-8-5-2/h21H,4-20H2,1-3H3. The van der Waals surface area contributed by atoms with Gasteiger partial charge in [-0.2, -0.15) is 0 Å². The molecule has 0 bridgehead atoms. The zero-order valence-corrected chi connectivity index (χ0v) is 17.4. The summed E-state index contributed by atoms with van der Waals surface area (Å²) in [5.74, 6) is -0.150. The lowest BCUT2D eigenvalue weighted by Gasteiger charge is -2.08. The Morgan fingerprint density at radius 3 is 1.44 bits per heavy atom. The van der Waals surface area contributed by atoms with Crippen LogP contribution in [0.2, 0.25) is 0 Å². The molecule has 148 valence electrons. The van der Waals surface area contributed by atoms with Crippen molar-refractivity contribution in [2.24, 2.45) is 0 Å². The van der Waals surface area contributed by atoms with E-state index in [1.807, 2.05) is 6.92 Å². The number of hydrogen-bond donors (Lipinski definition) is 0. The van der Waals surface area contributed by atoms with Crippen molar-refractivity contribution in [1.29, 1.82) is 0 Å². The Morgan fingerprint density at radius 2 is 1.04 bits per heavy atom. The van der Waals surface area contributed by atoms with E-state index >= 15 is 0 Å². The molecule has 0 saturated heterocycles. The zero-order chi connectivity index (χ0) is 18.6. The van der Waals surface area contributed by atoms with Gasteiger partial charge in [0.1, 0.15) is 0 Å². The van der Waals surface area contributed by atoms with Gasteiger partial charge in [0.25, 0.3) is 0 Å². The van der Waals surface area contributed by atoms with Gasteiger partial charge >= 0.3 is 5.97 Å². The number of esters is 1. The molecule has 0 spiro atoms. The third-order valence-electron chi connectivity index (χ3n) is 4.81. The average molecular weight is 353 g/mol. The van der Waals surface area contributed by atoms with Crippen molar-refractivity contribution in [3.8, 4) is 0 Å². The van der Waals surface area contributed by atoms with Gasteiger partial charge < -0.3 is 4.74 Å². The Bertz CT molecular complexity index is 300. The lowest BCUT2D eigenvalue weighted by molar-refractivity contribution is -0.137. The van der Waals surface area contributed by atoms with Crippen LogP contribution in [0.4, 0.5) is 0 Å². The number of hydrogen-bond acceptors (Lipinski definition) is 2. The summed E-state index contributed by atoms with van der Waals surface area (Å²) in [5.41, 5.74) is 1.31. The summed E-state index contributed by atoms with van der Waals surface area (Å²) in [6.07, 6.45) is 22.4. The summed E-state index contributed by atoms with van der Waals surface area (Å²) < 4.78 is 5.10. The highest BCUT2D eigenvalue weighted by Crippen LogP contribution is 2.19. The SMILES string of the molecule is CCCCCCCCCC(=CC(=O)OCC)CCCCCCCCC. The first-order chi connectivity index (χ1) is 12.2. The normalized spacial score (nSPS) is 10.7. The molecule has 0 aliphatic rings. The maximum atomic E-state index is 11.8.